The highest BCUT2D eigenvalue weighted by atomic mass is 32.1. The number of fused-ring (bicyclic) bond motifs is 1. The summed E-state index contributed by atoms with van der Waals surface area (Å²) in [7, 11) is 0. The van der Waals surface area contributed by atoms with E-state index < -0.39 is 0 Å². The number of hydrogen-bond acceptors (Lipinski definition) is 4. The zero-order valence-corrected chi connectivity index (χ0v) is 11.5. The van der Waals surface area contributed by atoms with Crippen molar-refractivity contribution in [1.82, 2.24) is 4.98 Å². The first-order valence-corrected chi connectivity index (χ1v) is 7.03. The third-order valence-electron chi connectivity index (χ3n) is 3.17. The highest BCUT2D eigenvalue weighted by molar-refractivity contribution is 7.17. The van der Waals surface area contributed by atoms with Gasteiger partial charge in [0.25, 0.3) is 0 Å². The molecule has 0 aliphatic rings. The zero-order valence-electron chi connectivity index (χ0n) is 10.7. The molecule has 2 aromatic heterocycles. The Hall–Kier alpha value is -2.07. The smallest absolute Gasteiger partial charge is 0.126 e. The predicted octanol–water partition coefficient (Wildman–Crippen LogP) is 3.80. The minimum absolute atomic E-state index is 0.728. The molecule has 96 valence electrons. The summed E-state index contributed by atoms with van der Waals surface area (Å²) in [5, 5.41) is 6.86. The van der Waals surface area contributed by atoms with E-state index in [0.717, 1.165) is 23.6 Å². The van der Waals surface area contributed by atoms with Crippen molar-refractivity contribution in [2.75, 3.05) is 11.1 Å². The number of hydrogen-bond donors (Lipinski definition) is 2. The molecule has 0 bridgehead atoms. The SMILES string of the molecule is Cc1cc(NCc2csc3ccccc23)ncc1N. The van der Waals surface area contributed by atoms with Crippen molar-refractivity contribution in [3.63, 3.8) is 0 Å². The van der Waals surface area contributed by atoms with Crippen LogP contribution in [0.4, 0.5) is 11.5 Å². The van der Waals surface area contributed by atoms with Gasteiger partial charge in [-0.15, -0.1) is 11.3 Å². The predicted molar refractivity (Wildman–Crippen MR) is 82.5 cm³/mol. The molecular weight excluding hydrogens is 254 g/mol. The number of nitrogens with two attached hydrogens (primary N) is 1. The van der Waals surface area contributed by atoms with Crippen LogP contribution in [0.25, 0.3) is 10.1 Å². The van der Waals surface area contributed by atoms with Crippen molar-refractivity contribution in [2.45, 2.75) is 13.5 Å². The number of pyridine rings is 1. The fraction of sp³-hybridized carbons (Fsp3) is 0.133. The van der Waals surface area contributed by atoms with Gasteiger partial charge in [0, 0.05) is 11.2 Å². The molecule has 0 aliphatic carbocycles. The Bertz CT molecular complexity index is 718. The highest BCUT2D eigenvalue weighted by Crippen LogP contribution is 2.26. The van der Waals surface area contributed by atoms with Crippen LogP contribution in [0.3, 0.4) is 0 Å². The summed E-state index contributed by atoms with van der Waals surface area (Å²) in [5.41, 5.74) is 8.84. The fourth-order valence-corrected chi connectivity index (χ4v) is 2.98. The van der Waals surface area contributed by atoms with Gasteiger partial charge in [0.2, 0.25) is 0 Å². The van der Waals surface area contributed by atoms with Crippen molar-refractivity contribution >= 4 is 32.9 Å². The van der Waals surface area contributed by atoms with E-state index in [4.69, 9.17) is 5.73 Å². The van der Waals surface area contributed by atoms with Crippen LogP contribution in [0, 0.1) is 6.92 Å². The number of rotatable bonds is 3. The topological polar surface area (TPSA) is 50.9 Å². The van der Waals surface area contributed by atoms with Gasteiger partial charge in [0.1, 0.15) is 5.82 Å². The number of nitrogens with one attached hydrogen (secondary N) is 1. The van der Waals surface area contributed by atoms with E-state index >= 15 is 0 Å². The van der Waals surface area contributed by atoms with E-state index in [9.17, 15) is 0 Å². The largest absolute Gasteiger partial charge is 0.397 e. The van der Waals surface area contributed by atoms with Gasteiger partial charge in [-0.2, -0.15) is 0 Å². The maximum atomic E-state index is 5.77. The summed E-state index contributed by atoms with van der Waals surface area (Å²) in [5.74, 6) is 0.863. The molecule has 0 unspecified atom stereocenters. The average molecular weight is 269 g/mol. The Labute approximate surface area is 116 Å². The first kappa shape index (κ1) is 12.0. The zero-order chi connectivity index (χ0) is 13.2. The fourth-order valence-electron chi connectivity index (χ4n) is 2.02. The standard InChI is InChI=1S/C15H15N3S/c1-10-6-15(18-8-13(10)16)17-7-11-9-19-14-5-3-2-4-12(11)14/h2-6,8-9H,7,16H2,1H3,(H,17,18). The molecule has 3 N–H and O–H groups in total. The number of benzene rings is 1. The van der Waals surface area contributed by atoms with Crippen molar-refractivity contribution in [3.05, 3.63) is 53.0 Å². The maximum absolute atomic E-state index is 5.77. The van der Waals surface area contributed by atoms with Crippen molar-refractivity contribution < 1.29 is 0 Å². The lowest BCUT2D eigenvalue weighted by Gasteiger charge is -2.07. The minimum atomic E-state index is 0.728. The van der Waals surface area contributed by atoms with Crippen LogP contribution < -0.4 is 11.1 Å². The van der Waals surface area contributed by atoms with Gasteiger partial charge in [-0.1, -0.05) is 18.2 Å². The molecule has 2 heterocycles. The molecule has 0 amide bonds. The second-order valence-electron chi connectivity index (χ2n) is 4.54. The number of anilines is 2. The number of nitrogen functional groups attached to an aromatic ring is 1. The normalized spacial score (nSPS) is 10.8. The van der Waals surface area contributed by atoms with Gasteiger partial charge in [-0.05, 0) is 40.9 Å². The maximum Gasteiger partial charge on any atom is 0.126 e. The van der Waals surface area contributed by atoms with E-state index in [-0.39, 0.29) is 0 Å². The number of thiophene rings is 1. The van der Waals surface area contributed by atoms with E-state index in [2.05, 4.69) is 39.9 Å². The summed E-state index contributed by atoms with van der Waals surface area (Å²) in [6.45, 7) is 2.77. The first-order chi connectivity index (χ1) is 9.24. The van der Waals surface area contributed by atoms with Crippen molar-refractivity contribution in [1.29, 1.82) is 0 Å². The lowest BCUT2D eigenvalue weighted by Crippen LogP contribution is -2.02. The average Bonchev–Trinajstić information content (AvgIpc) is 2.83. The van der Waals surface area contributed by atoms with E-state index in [1.807, 2.05) is 13.0 Å². The highest BCUT2D eigenvalue weighted by Gasteiger charge is 2.04. The molecule has 0 atom stereocenters. The molecule has 0 aliphatic heterocycles. The molecule has 19 heavy (non-hydrogen) atoms. The summed E-state index contributed by atoms with van der Waals surface area (Å²) in [6, 6.07) is 10.4. The lowest BCUT2D eigenvalue weighted by atomic mass is 10.2. The molecule has 3 rings (SSSR count). The third-order valence-corrected chi connectivity index (χ3v) is 4.18. The van der Waals surface area contributed by atoms with Crippen LogP contribution in [-0.4, -0.2) is 4.98 Å². The second kappa shape index (κ2) is 4.90. The van der Waals surface area contributed by atoms with Crippen molar-refractivity contribution in [2.24, 2.45) is 0 Å². The summed E-state index contributed by atoms with van der Waals surface area (Å²) in [6.07, 6.45) is 1.70. The Morgan fingerprint density at radius 3 is 3.00 bits per heavy atom. The Balaban J connectivity index is 1.80. The van der Waals surface area contributed by atoms with Gasteiger partial charge in [0.05, 0.1) is 11.9 Å². The summed E-state index contributed by atoms with van der Waals surface area (Å²) >= 11 is 1.77. The third kappa shape index (κ3) is 2.39. The molecular formula is C15H15N3S. The van der Waals surface area contributed by atoms with Crippen molar-refractivity contribution in [3.8, 4) is 0 Å². The summed E-state index contributed by atoms with van der Waals surface area (Å²) < 4.78 is 1.32. The molecule has 0 spiro atoms. The van der Waals surface area contributed by atoms with Gasteiger partial charge in [0.15, 0.2) is 0 Å². The molecule has 3 nitrogen and oxygen atoms in total. The van der Waals surface area contributed by atoms with Crippen LogP contribution in [0.15, 0.2) is 41.9 Å². The quantitative estimate of drug-likeness (QED) is 0.760. The van der Waals surface area contributed by atoms with Crippen LogP contribution in [0.5, 0.6) is 0 Å². The molecule has 4 heteroatoms. The van der Waals surface area contributed by atoms with E-state index in [1.165, 1.54) is 15.6 Å². The molecule has 3 aromatic rings. The molecule has 0 fully saturated rings. The van der Waals surface area contributed by atoms with Crippen LogP contribution in [-0.2, 0) is 6.54 Å². The molecule has 0 saturated carbocycles. The van der Waals surface area contributed by atoms with Gasteiger partial charge in [-0.3, -0.25) is 0 Å². The minimum Gasteiger partial charge on any atom is -0.397 e. The summed E-state index contributed by atoms with van der Waals surface area (Å²) in [4.78, 5) is 4.29. The molecule has 1 aromatic carbocycles. The van der Waals surface area contributed by atoms with E-state index in [1.54, 1.807) is 17.5 Å². The number of aryl methyl sites for hydroxylation is 1. The number of nitrogens with zero attached hydrogens (tertiary/aromatic N) is 1. The van der Waals surface area contributed by atoms with Gasteiger partial charge >= 0.3 is 0 Å². The lowest BCUT2D eigenvalue weighted by molar-refractivity contribution is 1.13. The second-order valence-corrected chi connectivity index (χ2v) is 5.45. The monoisotopic (exact) mass is 269 g/mol. The first-order valence-electron chi connectivity index (χ1n) is 6.15. The van der Waals surface area contributed by atoms with Crippen LogP contribution >= 0.6 is 11.3 Å². The van der Waals surface area contributed by atoms with E-state index in [0.29, 0.717) is 0 Å². The molecule has 0 saturated heterocycles. The Kier molecular flexibility index (Phi) is 3.09. The molecule has 0 radical (unpaired) electrons. The van der Waals surface area contributed by atoms with Gasteiger partial charge < -0.3 is 11.1 Å². The van der Waals surface area contributed by atoms with Crippen LogP contribution in [0.1, 0.15) is 11.1 Å². The van der Waals surface area contributed by atoms with Crippen LogP contribution in [0.2, 0.25) is 0 Å². The van der Waals surface area contributed by atoms with Gasteiger partial charge in [-0.25, -0.2) is 4.98 Å². The number of aromatic nitrogens is 1. The Morgan fingerprint density at radius 2 is 2.16 bits per heavy atom. The Morgan fingerprint density at radius 1 is 1.32 bits per heavy atom.